The van der Waals surface area contributed by atoms with Crippen LogP contribution in [0, 0.1) is 12.8 Å². The lowest BCUT2D eigenvalue weighted by Crippen LogP contribution is -2.20. The predicted octanol–water partition coefficient (Wildman–Crippen LogP) is 2.28. The van der Waals surface area contributed by atoms with Gasteiger partial charge in [0, 0.05) is 11.8 Å². The van der Waals surface area contributed by atoms with Gasteiger partial charge in [-0.2, -0.15) is 9.78 Å². The number of nitrogens with zero attached hydrogens (tertiary/aromatic N) is 6. The van der Waals surface area contributed by atoms with Crippen molar-refractivity contribution >= 4 is 17.9 Å². The van der Waals surface area contributed by atoms with Crippen molar-refractivity contribution in [1.29, 1.82) is 0 Å². The Morgan fingerprint density at radius 1 is 1.31 bits per heavy atom. The van der Waals surface area contributed by atoms with Crippen molar-refractivity contribution in [3.05, 3.63) is 47.7 Å². The fourth-order valence-electron chi connectivity index (χ4n) is 3.10. The topological polar surface area (TPSA) is 137 Å². The molecule has 3 aromatic rings. The van der Waals surface area contributed by atoms with Gasteiger partial charge in [0.15, 0.2) is 5.69 Å². The molecule has 0 aliphatic heterocycles. The van der Waals surface area contributed by atoms with Gasteiger partial charge in [-0.25, -0.2) is 10.1 Å². The fraction of sp³-hybridized carbons (Fsp3) is 0.263. The van der Waals surface area contributed by atoms with Crippen LogP contribution in [0.2, 0.25) is 0 Å². The fourth-order valence-corrected chi connectivity index (χ4v) is 3.10. The van der Waals surface area contributed by atoms with E-state index in [0.29, 0.717) is 11.6 Å². The van der Waals surface area contributed by atoms with E-state index in [1.165, 1.54) is 4.68 Å². The van der Waals surface area contributed by atoms with E-state index in [9.17, 15) is 4.79 Å². The molecule has 0 radical (unpaired) electrons. The van der Waals surface area contributed by atoms with Crippen LogP contribution in [0.3, 0.4) is 0 Å². The summed E-state index contributed by atoms with van der Waals surface area (Å²) < 4.78 is 6.00. The Bertz CT molecular complexity index is 1060. The number of carbonyl (C=O) groups excluding carboxylic acids is 1. The van der Waals surface area contributed by atoms with Crippen molar-refractivity contribution in [3.8, 4) is 17.1 Å². The molecule has 0 fully saturated rings. The quantitative estimate of drug-likeness (QED) is 0.386. The summed E-state index contributed by atoms with van der Waals surface area (Å²) in [6.45, 7) is 1.97. The number of hydrazone groups is 1. The third kappa shape index (κ3) is 3.91. The first-order chi connectivity index (χ1) is 14.1. The van der Waals surface area contributed by atoms with E-state index in [2.05, 4.69) is 47.9 Å². The first-order valence-corrected chi connectivity index (χ1v) is 9.23. The second-order valence-electron chi connectivity index (χ2n) is 6.80. The number of nitrogen functional groups attached to an aromatic ring is 1. The Morgan fingerprint density at radius 3 is 2.83 bits per heavy atom. The van der Waals surface area contributed by atoms with Crippen LogP contribution >= 0.6 is 0 Å². The molecule has 0 bridgehead atoms. The van der Waals surface area contributed by atoms with Crippen molar-refractivity contribution < 1.29 is 9.42 Å². The highest BCUT2D eigenvalue weighted by Crippen LogP contribution is 2.26. The molecule has 0 unspecified atom stereocenters. The molecule has 0 saturated heterocycles. The smallest absolute Gasteiger partial charge is 0.294 e. The summed E-state index contributed by atoms with van der Waals surface area (Å²) in [6, 6.07) is 7.58. The summed E-state index contributed by atoms with van der Waals surface area (Å²) in [7, 11) is 0. The third-order valence-electron chi connectivity index (χ3n) is 4.67. The minimum Gasteiger partial charge on any atom is -0.378 e. The van der Waals surface area contributed by atoms with Gasteiger partial charge in [0.1, 0.15) is 5.69 Å². The average molecular weight is 392 g/mol. The van der Waals surface area contributed by atoms with E-state index < -0.39 is 5.91 Å². The lowest BCUT2D eigenvalue weighted by Gasteiger charge is -2.11. The van der Waals surface area contributed by atoms with Crippen molar-refractivity contribution in [1.82, 2.24) is 30.7 Å². The average Bonchev–Trinajstić information content (AvgIpc) is 3.35. The Balaban J connectivity index is 1.65. The monoisotopic (exact) mass is 392 g/mol. The highest BCUT2D eigenvalue weighted by atomic mass is 16.6. The molecule has 29 heavy (non-hydrogen) atoms. The molecular formula is C19H20N8O2. The van der Waals surface area contributed by atoms with Gasteiger partial charge in [-0.3, -0.25) is 4.79 Å². The van der Waals surface area contributed by atoms with Gasteiger partial charge < -0.3 is 5.73 Å². The van der Waals surface area contributed by atoms with Crippen LogP contribution in [0.25, 0.3) is 17.1 Å². The normalized spacial score (nSPS) is 16.4. The van der Waals surface area contributed by atoms with Crippen molar-refractivity contribution in [3.63, 3.8) is 0 Å². The zero-order chi connectivity index (χ0) is 20.2. The molecule has 2 heterocycles. The first-order valence-electron chi connectivity index (χ1n) is 9.23. The Morgan fingerprint density at radius 2 is 2.14 bits per heavy atom. The molecule has 10 nitrogen and oxygen atoms in total. The predicted molar refractivity (Wildman–Crippen MR) is 106 cm³/mol. The number of anilines is 1. The second-order valence-corrected chi connectivity index (χ2v) is 6.80. The highest BCUT2D eigenvalue weighted by Gasteiger charge is 2.25. The highest BCUT2D eigenvalue weighted by molar-refractivity contribution is 5.98. The Labute approximate surface area is 166 Å². The summed E-state index contributed by atoms with van der Waals surface area (Å²) in [4.78, 5) is 12.8. The van der Waals surface area contributed by atoms with Gasteiger partial charge in [0.2, 0.25) is 11.6 Å². The van der Waals surface area contributed by atoms with Crippen LogP contribution in [-0.2, 0) is 0 Å². The minimum absolute atomic E-state index is 0.0404. The summed E-state index contributed by atoms with van der Waals surface area (Å²) in [5.74, 6) is 0.0289. The van der Waals surface area contributed by atoms with Crippen LogP contribution in [0.4, 0.5) is 5.82 Å². The van der Waals surface area contributed by atoms with Gasteiger partial charge in [0.05, 0.1) is 0 Å². The molecule has 1 aromatic carbocycles. The van der Waals surface area contributed by atoms with E-state index in [-0.39, 0.29) is 17.3 Å². The molecule has 148 valence electrons. The van der Waals surface area contributed by atoms with Gasteiger partial charge in [0.25, 0.3) is 5.91 Å². The molecule has 1 aliphatic rings. The number of amides is 1. The number of benzene rings is 1. The molecule has 1 amide bonds. The number of carbonyl (C=O) groups is 1. The van der Waals surface area contributed by atoms with Crippen LogP contribution in [-0.4, -0.2) is 37.4 Å². The van der Waals surface area contributed by atoms with Crippen molar-refractivity contribution in [2.45, 2.75) is 26.2 Å². The first kappa shape index (κ1) is 18.5. The maximum absolute atomic E-state index is 12.8. The van der Waals surface area contributed by atoms with Gasteiger partial charge in [-0.1, -0.05) is 47.2 Å². The van der Waals surface area contributed by atoms with Crippen LogP contribution < -0.4 is 11.2 Å². The lowest BCUT2D eigenvalue weighted by molar-refractivity contribution is 0.0950. The number of aromatic nitrogens is 5. The number of rotatable bonds is 5. The van der Waals surface area contributed by atoms with Crippen molar-refractivity contribution in [2.75, 3.05) is 5.73 Å². The molecule has 1 atom stereocenters. The summed E-state index contributed by atoms with van der Waals surface area (Å²) in [6.07, 6.45) is 8.99. The van der Waals surface area contributed by atoms with Gasteiger partial charge in [-0.15, -0.1) is 5.10 Å². The molecule has 0 spiro atoms. The molecule has 1 aliphatic carbocycles. The standard InChI is InChI=1S/C19H20N8O2/c1-12-7-9-14(10-8-12)16-15(22-26-27(16)18-17(20)24-29-25-18)19(28)23-21-11-13-5-3-2-4-6-13/h2-3,7-11,13H,4-6H2,1H3,(H2,20,24)(H,23,28)/b21-11-/t13-/m0/s1. The van der Waals surface area contributed by atoms with Crippen LogP contribution in [0.15, 0.2) is 46.1 Å². The molecular weight excluding hydrogens is 372 g/mol. The molecule has 10 heteroatoms. The number of aryl methyl sites for hydroxylation is 1. The van der Waals surface area contributed by atoms with E-state index in [4.69, 9.17) is 5.73 Å². The van der Waals surface area contributed by atoms with E-state index in [1.54, 1.807) is 6.21 Å². The van der Waals surface area contributed by atoms with E-state index in [0.717, 1.165) is 30.4 Å². The maximum Gasteiger partial charge on any atom is 0.294 e. The zero-order valence-corrected chi connectivity index (χ0v) is 15.8. The summed E-state index contributed by atoms with van der Waals surface area (Å²) >= 11 is 0. The maximum atomic E-state index is 12.8. The van der Waals surface area contributed by atoms with E-state index >= 15 is 0 Å². The summed E-state index contributed by atoms with van der Waals surface area (Å²) in [5.41, 5.74) is 10.7. The van der Waals surface area contributed by atoms with Gasteiger partial charge in [-0.05, 0) is 42.4 Å². The number of hydrogen-bond acceptors (Lipinski definition) is 8. The molecule has 2 aromatic heterocycles. The third-order valence-corrected chi connectivity index (χ3v) is 4.67. The Kier molecular flexibility index (Phi) is 5.14. The number of nitrogens with two attached hydrogens (primary N) is 1. The minimum atomic E-state index is -0.482. The molecule has 0 saturated carbocycles. The molecule has 3 N–H and O–H groups in total. The van der Waals surface area contributed by atoms with Crippen molar-refractivity contribution in [2.24, 2.45) is 11.0 Å². The largest absolute Gasteiger partial charge is 0.378 e. The zero-order valence-electron chi connectivity index (χ0n) is 15.8. The lowest BCUT2D eigenvalue weighted by atomic mass is 9.96. The van der Waals surface area contributed by atoms with Crippen LogP contribution in [0.5, 0.6) is 0 Å². The van der Waals surface area contributed by atoms with Gasteiger partial charge >= 0.3 is 0 Å². The number of hydrogen-bond donors (Lipinski definition) is 2. The number of allylic oxidation sites excluding steroid dienone is 2. The van der Waals surface area contributed by atoms with Crippen LogP contribution in [0.1, 0.15) is 35.3 Å². The van der Waals surface area contributed by atoms with E-state index in [1.807, 2.05) is 31.2 Å². The molecule has 4 rings (SSSR count). The number of nitrogens with one attached hydrogen (secondary N) is 1. The summed E-state index contributed by atoms with van der Waals surface area (Å²) in [5, 5.41) is 19.5. The second kappa shape index (κ2) is 8.05. The SMILES string of the molecule is Cc1ccc(-c2c(C(=O)N/N=C\[C@H]3CC=CCC3)nnn2-c2nonc2N)cc1. The Hall–Kier alpha value is -3.82.